The van der Waals surface area contributed by atoms with Crippen LogP contribution in [0.15, 0.2) is 17.3 Å². The van der Waals surface area contributed by atoms with Crippen LogP contribution < -0.4 is 10.6 Å². The van der Waals surface area contributed by atoms with Gasteiger partial charge in [-0.1, -0.05) is 6.42 Å². The number of halogens is 1. The first-order valence-electron chi connectivity index (χ1n) is 8.17. The number of aryl methyl sites for hydroxylation is 1. The largest absolute Gasteiger partial charge is 0.356 e. The molecule has 0 aliphatic heterocycles. The van der Waals surface area contributed by atoms with Crippen molar-refractivity contribution in [1.29, 1.82) is 0 Å². The lowest BCUT2D eigenvalue weighted by atomic mass is 9.86. The molecule has 2 aliphatic carbocycles. The number of fused-ring (bicyclic) bond motifs is 2. The van der Waals surface area contributed by atoms with E-state index in [1.807, 2.05) is 31.0 Å². The maximum absolute atomic E-state index is 4.29. The summed E-state index contributed by atoms with van der Waals surface area (Å²) in [6, 6.07) is 2.02. The first-order chi connectivity index (χ1) is 10.3. The molecular formula is C16H28IN5. The lowest BCUT2D eigenvalue weighted by Gasteiger charge is -2.22. The number of nitrogens with zero attached hydrogens (tertiary/aromatic N) is 3. The van der Waals surface area contributed by atoms with Crippen molar-refractivity contribution in [2.75, 3.05) is 13.6 Å². The van der Waals surface area contributed by atoms with Crippen LogP contribution >= 0.6 is 24.0 Å². The maximum atomic E-state index is 4.29. The third kappa shape index (κ3) is 4.14. The van der Waals surface area contributed by atoms with Crippen molar-refractivity contribution >= 4 is 29.9 Å². The highest BCUT2D eigenvalue weighted by Gasteiger charge is 2.38. The van der Waals surface area contributed by atoms with Crippen LogP contribution in [0.1, 0.15) is 37.8 Å². The lowest BCUT2D eigenvalue weighted by Crippen LogP contribution is -2.38. The molecule has 0 amide bonds. The van der Waals surface area contributed by atoms with E-state index in [0.717, 1.165) is 42.5 Å². The minimum atomic E-state index is 0. The van der Waals surface area contributed by atoms with Gasteiger partial charge in [-0.2, -0.15) is 5.10 Å². The number of rotatable bonds is 5. The predicted molar refractivity (Wildman–Crippen MR) is 100 cm³/mol. The zero-order valence-electron chi connectivity index (χ0n) is 13.6. The molecule has 22 heavy (non-hydrogen) atoms. The van der Waals surface area contributed by atoms with Crippen molar-refractivity contribution in [3.63, 3.8) is 0 Å². The fourth-order valence-electron chi connectivity index (χ4n) is 4.08. The molecule has 2 N–H and O–H groups in total. The molecule has 2 bridgehead atoms. The van der Waals surface area contributed by atoms with E-state index in [9.17, 15) is 0 Å². The molecule has 3 atom stereocenters. The van der Waals surface area contributed by atoms with Crippen LogP contribution in [0, 0.1) is 17.8 Å². The number of aliphatic imine (C=N–C) groups is 1. The fourth-order valence-corrected chi connectivity index (χ4v) is 4.08. The molecule has 0 spiro atoms. The van der Waals surface area contributed by atoms with Crippen LogP contribution in [0.25, 0.3) is 0 Å². The number of nitrogens with one attached hydrogen (secondary N) is 2. The molecule has 3 unspecified atom stereocenters. The second-order valence-electron chi connectivity index (χ2n) is 6.52. The highest BCUT2D eigenvalue weighted by Crippen LogP contribution is 2.49. The zero-order valence-corrected chi connectivity index (χ0v) is 15.9. The quantitative estimate of drug-likeness (QED) is 0.440. The van der Waals surface area contributed by atoms with Gasteiger partial charge < -0.3 is 10.6 Å². The van der Waals surface area contributed by atoms with Gasteiger partial charge in [0.2, 0.25) is 0 Å². The topological polar surface area (TPSA) is 54.2 Å². The molecular weight excluding hydrogens is 389 g/mol. The van der Waals surface area contributed by atoms with Gasteiger partial charge in [-0.25, -0.2) is 0 Å². The second kappa shape index (κ2) is 8.17. The van der Waals surface area contributed by atoms with Gasteiger partial charge >= 0.3 is 0 Å². The Morgan fingerprint density at radius 3 is 2.82 bits per heavy atom. The summed E-state index contributed by atoms with van der Waals surface area (Å²) in [6.07, 6.45) is 9.03. The van der Waals surface area contributed by atoms with Gasteiger partial charge in [-0.3, -0.25) is 9.67 Å². The lowest BCUT2D eigenvalue weighted by molar-refractivity contribution is 0.315. The first-order valence-corrected chi connectivity index (χ1v) is 8.17. The summed E-state index contributed by atoms with van der Waals surface area (Å²) in [5, 5.41) is 11.0. The Balaban J connectivity index is 0.00000176. The Morgan fingerprint density at radius 2 is 2.23 bits per heavy atom. The number of aromatic nitrogens is 2. The van der Waals surface area contributed by atoms with Crippen LogP contribution in [-0.4, -0.2) is 29.3 Å². The van der Waals surface area contributed by atoms with E-state index in [2.05, 4.69) is 20.7 Å². The van der Waals surface area contributed by atoms with Gasteiger partial charge in [0.1, 0.15) is 0 Å². The molecule has 0 aromatic carbocycles. The molecule has 1 aromatic heterocycles. The first kappa shape index (κ1) is 17.6. The summed E-state index contributed by atoms with van der Waals surface area (Å²) in [6.45, 7) is 1.78. The van der Waals surface area contributed by atoms with Crippen LogP contribution in [-0.2, 0) is 13.6 Å². The summed E-state index contributed by atoms with van der Waals surface area (Å²) in [7, 11) is 3.79. The Labute approximate surface area is 150 Å². The Morgan fingerprint density at radius 1 is 1.36 bits per heavy atom. The monoisotopic (exact) mass is 417 g/mol. The standard InChI is InChI=1S/C16H27N5.HI/c1-17-16(19-11-15-6-8-20-21(15)2)18-7-5-14-10-12-3-4-13(14)9-12;/h6,8,12-14H,3-5,7,9-11H2,1-2H3,(H2,17,18,19);1H. The molecule has 124 valence electrons. The molecule has 0 radical (unpaired) electrons. The molecule has 1 heterocycles. The van der Waals surface area contributed by atoms with E-state index >= 15 is 0 Å². The summed E-state index contributed by atoms with van der Waals surface area (Å²) in [5.41, 5.74) is 1.16. The summed E-state index contributed by atoms with van der Waals surface area (Å²) < 4.78 is 1.88. The van der Waals surface area contributed by atoms with E-state index in [4.69, 9.17) is 0 Å². The van der Waals surface area contributed by atoms with Gasteiger partial charge in [0.25, 0.3) is 0 Å². The highest BCUT2D eigenvalue weighted by molar-refractivity contribution is 14.0. The van der Waals surface area contributed by atoms with Crippen molar-refractivity contribution in [3.8, 4) is 0 Å². The van der Waals surface area contributed by atoms with Crippen LogP contribution in [0.2, 0.25) is 0 Å². The van der Waals surface area contributed by atoms with Crippen molar-refractivity contribution < 1.29 is 0 Å². The second-order valence-corrected chi connectivity index (χ2v) is 6.52. The minimum absolute atomic E-state index is 0. The molecule has 1 aromatic rings. The minimum Gasteiger partial charge on any atom is -0.356 e. The smallest absolute Gasteiger partial charge is 0.191 e. The van der Waals surface area contributed by atoms with Crippen molar-refractivity contribution in [1.82, 2.24) is 20.4 Å². The molecule has 2 saturated carbocycles. The average molecular weight is 417 g/mol. The molecule has 3 rings (SSSR count). The summed E-state index contributed by atoms with van der Waals surface area (Å²) in [5.74, 6) is 3.90. The molecule has 0 saturated heterocycles. The molecule has 2 fully saturated rings. The van der Waals surface area contributed by atoms with Crippen molar-refractivity contribution in [2.24, 2.45) is 29.8 Å². The Bertz CT molecular complexity index is 498. The zero-order chi connectivity index (χ0) is 14.7. The number of hydrogen-bond donors (Lipinski definition) is 2. The van der Waals surface area contributed by atoms with Crippen LogP contribution in [0.3, 0.4) is 0 Å². The molecule has 6 heteroatoms. The number of guanidine groups is 1. The van der Waals surface area contributed by atoms with E-state index < -0.39 is 0 Å². The SMILES string of the molecule is CN=C(NCCC1CC2CCC1C2)NCc1ccnn1C.I. The Kier molecular flexibility index (Phi) is 6.52. The summed E-state index contributed by atoms with van der Waals surface area (Å²) in [4.78, 5) is 4.29. The van der Waals surface area contributed by atoms with Crippen molar-refractivity contribution in [2.45, 2.75) is 38.6 Å². The predicted octanol–water partition coefficient (Wildman–Crippen LogP) is 2.53. The third-order valence-corrected chi connectivity index (χ3v) is 5.28. The van der Waals surface area contributed by atoms with E-state index in [1.54, 1.807) is 0 Å². The molecule has 2 aliphatic rings. The van der Waals surface area contributed by atoms with E-state index in [-0.39, 0.29) is 24.0 Å². The van der Waals surface area contributed by atoms with Crippen molar-refractivity contribution in [3.05, 3.63) is 18.0 Å². The number of hydrogen-bond acceptors (Lipinski definition) is 2. The summed E-state index contributed by atoms with van der Waals surface area (Å²) >= 11 is 0. The van der Waals surface area contributed by atoms with Gasteiger partial charge in [0.05, 0.1) is 12.2 Å². The van der Waals surface area contributed by atoms with E-state index in [1.165, 1.54) is 32.1 Å². The maximum Gasteiger partial charge on any atom is 0.191 e. The third-order valence-electron chi connectivity index (χ3n) is 5.28. The highest BCUT2D eigenvalue weighted by atomic mass is 127. The normalized spacial score (nSPS) is 26.8. The fraction of sp³-hybridized carbons (Fsp3) is 0.750. The Hall–Kier alpha value is -0.790. The van der Waals surface area contributed by atoms with Crippen LogP contribution in [0.5, 0.6) is 0 Å². The average Bonchev–Trinajstić information content (AvgIpc) is 3.19. The van der Waals surface area contributed by atoms with E-state index in [0.29, 0.717) is 0 Å². The van der Waals surface area contributed by atoms with Crippen LogP contribution in [0.4, 0.5) is 0 Å². The van der Waals surface area contributed by atoms with Gasteiger partial charge in [-0.05, 0) is 49.5 Å². The van der Waals surface area contributed by atoms with Gasteiger partial charge in [-0.15, -0.1) is 24.0 Å². The molecule has 5 nitrogen and oxygen atoms in total. The van der Waals surface area contributed by atoms with Gasteiger partial charge in [0.15, 0.2) is 5.96 Å². The van der Waals surface area contributed by atoms with Gasteiger partial charge in [0, 0.05) is 26.8 Å².